The summed E-state index contributed by atoms with van der Waals surface area (Å²) in [6.45, 7) is 1.51. The van der Waals surface area contributed by atoms with Gasteiger partial charge in [-0.3, -0.25) is 0 Å². The summed E-state index contributed by atoms with van der Waals surface area (Å²) < 4.78 is 37.9. The Balaban J connectivity index is 1.52. The van der Waals surface area contributed by atoms with Gasteiger partial charge in [-0.15, -0.1) is 21.5 Å². The van der Waals surface area contributed by atoms with Crippen molar-refractivity contribution in [1.82, 2.24) is 19.5 Å². The van der Waals surface area contributed by atoms with E-state index in [-0.39, 0.29) is 10.8 Å². The second-order valence-corrected chi connectivity index (χ2v) is 9.27. The summed E-state index contributed by atoms with van der Waals surface area (Å²) in [6.07, 6.45) is 0. The Morgan fingerprint density at radius 2 is 2.07 bits per heavy atom. The smallest absolute Gasteiger partial charge is 0.277 e. The third-order valence-electron chi connectivity index (χ3n) is 3.92. The van der Waals surface area contributed by atoms with Gasteiger partial charge in [0.15, 0.2) is 0 Å². The first-order chi connectivity index (χ1) is 13.1. The van der Waals surface area contributed by atoms with E-state index < -0.39 is 10.0 Å². The van der Waals surface area contributed by atoms with Crippen molar-refractivity contribution in [2.45, 2.75) is 15.9 Å². The number of rotatable bonds is 6. The molecular formula is C16H16N4O4S3. The molecule has 0 amide bonds. The van der Waals surface area contributed by atoms with Gasteiger partial charge in [-0.25, -0.2) is 13.4 Å². The summed E-state index contributed by atoms with van der Waals surface area (Å²) >= 11 is 2.92. The molecule has 1 aliphatic rings. The summed E-state index contributed by atoms with van der Waals surface area (Å²) in [5.41, 5.74) is 3.29. The monoisotopic (exact) mass is 424 g/mol. The summed E-state index contributed by atoms with van der Waals surface area (Å²) in [5, 5.41) is 10.4. The molecule has 0 unspecified atom stereocenters. The van der Waals surface area contributed by atoms with E-state index in [9.17, 15) is 8.42 Å². The first kappa shape index (κ1) is 18.6. The van der Waals surface area contributed by atoms with Gasteiger partial charge >= 0.3 is 0 Å². The lowest BCUT2D eigenvalue weighted by atomic mass is 10.2. The first-order valence-corrected chi connectivity index (χ1v) is 11.5. The molecule has 0 N–H and O–H groups in total. The summed E-state index contributed by atoms with van der Waals surface area (Å²) in [4.78, 5) is 4.41. The van der Waals surface area contributed by atoms with Crippen LogP contribution in [-0.2, 0) is 20.5 Å². The summed E-state index contributed by atoms with van der Waals surface area (Å²) in [5.74, 6) is 0.922. The largest absolute Gasteiger partial charge is 0.411 e. The van der Waals surface area contributed by atoms with Crippen molar-refractivity contribution < 1.29 is 17.6 Å². The van der Waals surface area contributed by atoms with Crippen LogP contribution < -0.4 is 0 Å². The highest BCUT2D eigenvalue weighted by Crippen LogP contribution is 2.27. The van der Waals surface area contributed by atoms with E-state index in [0.717, 1.165) is 5.69 Å². The standard InChI is InChI=1S/C16H16N4O4S3/c21-27(22,20-4-6-23-7-5-20)14-3-1-2-12(8-14)15-18-19-16(24-15)26-10-13-9-25-11-17-13/h1-3,8-9,11H,4-7,10H2. The topological polar surface area (TPSA) is 98.4 Å². The molecule has 1 saturated heterocycles. The van der Waals surface area contributed by atoms with Gasteiger partial charge in [0.2, 0.25) is 15.9 Å². The second kappa shape index (κ2) is 8.07. The summed E-state index contributed by atoms with van der Waals surface area (Å²) in [7, 11) is -3.57. The van der Waals surface area contributed by atoms with Crippen LogP contribution in [0.3, 0.4) is 0 Å². The lowest BCUT2D eigenvalue weighted by molar-refractivity contribution is 0.0730. The third kappa shape index (κ3) is 4.22. The van der Waals surface area contributed by atoms with E-state index in [1.807, 2.05) is 5.38 Å². The summed E-state index contributed by atoms with van der Waals surface area (Å²) in [6, 6.07) is 6.56. The average molecular weight is 425 g/mol. The molecular weight excluding hydrogens is 408 g/mol. The Labute approximate surface area is 164 Å². The minimum absolute atomic E-state index is 0.205. The Kier molecular flexibility index (Phi) is 5.55. The molecule has 27 heavy (non-hydrogen) atoms. The third-order valence-corrected chi connectivity index (χ3v) is 7.30. The molecule has 8 nitrogen and oxygen atoms in total. The average Bonchev–Trinajstić information content (AvgIpc) is 3.39. The van der Waals surface area contributed by atoms with E-state index in [1.54, 1.807) is 29.8 Å². The highest BCUT2D eigenvalue weighted by Gasteiger charge is 2.26. The van der Waals surface area contributed by atoms with Gasteiger partial charge in [-0.2, -0.15) is 4.31 Å². The van der Waals surface area contributed by atoms with Gasteiger partial charge in [-0.05, 0) is 18.2 Å². The van der Waals surface area contributed by atoms with Crippen LogP contribution in [0.25, 0.3) is 11.5 Å². The highest BCUT2D eigenvalue weighted by molar-refractivity contribution is 7.98. The molecule has 4 rings (SSSR count). The maximum absolute atomic E-state index is 12.8. The Morgan fingerprint density at radius 3 is 2.85 bits per heavy atom. The molecule has 1 aromatic carbocycles. The molecule has 0 aliphatic carbocycles. The number of morpholine rings is 1. The SMILES string of the molecule is O=S(=O)(c1cccc(-c2nnc(SCc3cscn3)o2)c1)N1CCOCC1. The second-order valence-electron chi connectivity index (χ2n) is 5.69. The van der Waals surface area contributed by atoms with Crippen LogP contribution in [0.2, 0.25) is 0 Å². The number of thiazole rings is 1. The molecule has 1 fully saturated rings. The van der Waals surface area contributed by atoms with Crippen molar-refractivity contribution in [2.75, 3.05) is 26.3 Å². The number of thioether (sulfide) groups is 1. The molecule has 11 heteroatoms. The Morgan fingerprint density at radius 1 is 1.22 bits per heavy atom. The van der Waals surface area contributed by atoms with Crippen LogP contribution in [0.4, 0.5) is 0 Å². The van der Waals surface area contributed by atoms with Gasteiger partial charge in [0, 0.05) is 29.8 Å². The molecule has 0 saturated carbocycles. The lowest BCUT2D eigenvalue weighted by Gasteiger charge is -2.26. The fourth-order valence-corrected chi connectivity index (χ4v) is 5.34. The fourth-order valence-electron chi connectivity index (χ4n) is 2.55. The van der Waals surface area contributed by atoms with Crippen LogP contribution >= 0.6 is 23.1 Å². The van der Waals surface area contributed by atoms with Crippen LogP contribution in [0, 0.1) is 0 Å². The zero-order valence-corrected chi connectivity index (χ0v) is 16.6. The number of hydrogen-bond acceptors (Lipinski definition) is 9. The quantitative estimate of drug-likeness (QED) is 0.557. The van der Waals surface area contributed by atoms with Crippen molar-refractivity contribution in [3.05, 3.63) is 40.8 Å². The van der Waals surface area contributed by atoms with E-state index in [1.165, 1.54) is 27.4 Å². The van der Waals surface area contributed by atoms with E-state index in [4.69, 9.17) is 9.15 Å². The number of sulfonamides is 1. The molecule has 142 valence electrons. The zero-order chi connectivity index (χ0) is 18.7. The van der Waals surface area contributed by atoms with Crippen molar-refractivity contribution in [1.29, 1.82) is 0 Å². The Hall–Kier alpha value is -1.79. The molecule has 0 atom stereocenters. The molecule has 2 aromatic heterocycles. The fraction of sp³-hybridized carbons (Fsp3) is 0.312. The maximum atomic E-state index is 12.8. The van der Waals surface area contributed by atoms with Gasteiger partial charge in [-0.1, -0.05) is 17.8 Å². The number of nitrogens with zero attached hydrogens (tertiary/aromatic N) is 4. The van der Waals surface area contributed by atoms with E-state index >= 15 is 0 Å². The van der Waals surface area contributed by atoms with Crippen molar-refractivity contribution in [3.63, 3.8) is 0 Å². The predicted molar refractivity (Wildman–Crippen MR) is 101 cm³/mol. The van der Waals surface area contributed by atoms with Crippen LogP contribution in [0.5, 0.6) is 0 Å². The van der Waals surface area contributed by atoms with Gasteiger partial charge in [0.25, 0.3) is 5.22 Å². The molecule has 0 bridgehead atoms. The van der Waals surface area contributed by atoms with E-state index in [0.29, 0.717) is 42.8 Å². The van der Waals surface area contributed by atoms with Crippen LogP contribution in [0.15, 0.2) is 49.7 Å². The molecule has 0 radical (unpaired) electrons. The highest BCUT2D eigenvalue weighted by atomic mass is 32.2. The zero-order valence-electron chi connectivity index (χ0n) is 14.1. The van der Waals surface area contributed by atoms with Gasteiger partial charge in [0.05, 0.1) is 29.3 Å². The van der Waals surface area contributed by atoms with Gasteiger partial charge < -0.3 is 9.15 Å². The lowest BCUT2D eigenvalue weighted by Crippen LogP contribution is -2.40. The normalized spacial score (nSPS) is 15.9. The molecule has 3 heterocycles. The first-order valence-electron chi connectivity index (χ1n) is 8.14. The Bertz CT molecular complexity index is 998. The number of ether oxygens (including phenoxy) is 1. The predicted octanol–water partition coefficient (Wildman–Crippen LogP) is 2.51. The number of aromatic nitrogens is 3. The van der Waals surface area contributed by atoms with Crippen molar-refractivity contribution >= 4 is 33.1 Å². The maximum Gasteiger partial charge on any atom is 0.277 e. The molecule has 3 aromatic rings. The minimum Gasteiger partial charge on any atom is -0.411 e. The van der Waals surface area contributed by atoms with Gasteiger partial charge in [0.1, 0.15) is 0 Å². The van der Waals surface area contributed by atoms with Crippen LogP contribution in [0.1, 0.15) is 5.69 Å². The van der Waals surface area contributed by atoms with Crippen molar-refractivity contribution in [3.8, 4) is 11.5 Å². The molecule has 0 spiro atoms. The van der Waals surface area contributed by atoms with Crippen molar-refractivity contribution in [2.24, 2.45) is 0 Å². The molecule has 1 aliphatic heterocycles. The number of hydrogen-bond donors (Lipinski definition) is 0. The van der Waals surface area contributed by atoms with E-state index in [2.05, 4.69) is 15.2 Å². The number of benzene rings is 1. The van der Waals surface area contributed by atoms with Crippen LogP contribution in [-0.4, -0.2) is 54.2 Å². The minimum atomic E-state index is -3.57.